The Kier molecular flexibility index (Phi) is 3.92. The predicted molar refractivity (Wildman–Crippen MR) is 93.3 cm³/mol. The lowest BCUT2D eigenvalue weighted by molar-refractivity contribution is 0.0375. The third-order valence-electron chi connectivity index (χ3n) is 5.02. The van der Waals surface area contributed by atoms with Crippen molar-refractivity contribution in [1.29, 1.82) is 0 Å². The van der Waals surface area contributed by atoms with E-state index in [-0.39, 0.29) is 12.0 Å². The molecule has 0 spiro atoms. The van der Waals surface area contributed by atoms with Gasteiger partial charge in [-0.2, -0.15) is 0 Å². The van der Waals surface area contributed by atoms with Crippen molar-refractivity contribution in [2.45, 2.75) is 12.0 Å². The van der Waals surface area contributed by atoms with Crippen molar-refractivity contribution in [3.8, 4) is 0 Å². The largest absolute Gasteiger partial charge is 0.447 e. The summed E-state index contributed by atoms with van der Waals surface area (Å²) in [4.78, 5) is 28.6. The first-order chi connectivity index (χ1) is 12.2. The lowest BCUT2D eigenvalue weighted by Gasteiger charge is -2.44. The average Bonchev–Trinajstić information content (AvgIpc) is 2.98. The molecule has 25 heavy (non-hydrogen) atoms. The van der Waals surface area contributed by atoms with Crippen molar-refractivity contribution in [2.24, 2.45) is 0 Å². The van der Waals surface area contributed by atoms with Gasteiger partial charge >= 0.3 is 6.09 Å². The highest BCUT2D eigenvalue weighted by Gasteiger charge is 2.51. The van der Waals surface area contributed by atoms with E-state index in [1.54, 1.807) is 4.90 Å². The van der Waals surface area contributed by atoms with E-state index in [9.17, 15) is 9.59 Å². The molecule has 0 saturated carbocycles. The molecule has 0 aromatic heterocycles. The van der Waals surface area contributed by atoms with Crippen molar-refractivity contribution in [2.75, 3.05) is 26.2 Å². The Morgan fingerprint density at radius 1 is 1.00 bits per heavy atom. The highest BCUT2D eigenvalue weighted by molar-refractivity contribution is 5.94. The van der Waals surface area contributed by atoms with Gasteiger partial charge in [-0.15, -0.1) is 0 Å². The van der Waals surface area contributed by atoms with Gasteiger partial charge in [0.2, 0.25) is 0 Å². The number of carbonyl (C=O) groups excluding carboxylic acids is 2. The van der Waals surface area contributed by atoms with Crippen LogP contribution in [0.1, 0.15) is 15.9 Å². The van der Waals surface area contributed by atoms with E-state index in [0.29, 0.717) is 38.2 Å². The molecule has 2 aromatic carbocycles. The van der Waals surface area contributed by atoms with Crippen LogP contribution < -0.4 is 0 Å². The molecule has 5 nitrogen and oxygen atoms in total. The topological polar surface area (TPSA) is 49.9 Å². The van der Waals surface area contributed by atoms with Crippen LogP contribution in [0.4, 0.5) is 4.79 Å². The SMILES string of the molecule is O=C(c1ccccc1)N1CCN2C(=O)OCC2(Cc2ccccc2)C1. The van der Waals surface area contributed by atoms with Gasteiger partial charge in [0.15, 0.2) is 0 Å². The summed E-state index contributed by atoms with van der Waals surface area (Å²) in [5, 5.41) is 0. The summed E-state index contributed by atoms with van der Waals surface area (Å²) in [6.07, 6.45) is 0.403. The molecule has 2 aromatic rings. The van der Waals surface area contributed by atoms with Crippen LogP contribution in [0.25, 0.3) is 0 Å². The standard InChI is InChI=1S/C20H20N2O3/c23-18(17-9-5-2-6-10-17)21-11-12-22-19(24)25-15-20(22,14-21)13-16-7-3-1-4-8-16/h1-10H,11-15H2. The molecule has 1 atom stereocenters. The summed E-state index contributed by atoms with van der Waals surface area (Å²) >= 11 is 0. The number of fused-ring (bicyclic) bond motifs is 1. The molecular weight excluding hydrogens is 316 g/mol. The minimum Gasteiger partial charge on any atom is -0.447 e. The van der Waals surface area contributed by atoms with E-state index in [2.05, 4.69) is 0 Å². The lowest BCUT2D eigenvalue weighted by Crippen LogP contribution is -2.63. The molecule has 5 heteroatoms. The fourth-order valence-corrected chi connectivity index (χ4v) is 3.77. The minimum absolute atomic E-state index is 0.00651. The number of piperazine rings is 1. The van der Waals surface area contributed by atoms with Crippen LogP contribution in [0.5, 0.6) is 0 Å². The van der Waals surface area contributed by atoms with Gasteiger partial charge in [-0.1, -0.05) is 48.5 Å². The van der Waals surface area contributed by atoms with Gasteiger partial charge in [-0.3, -0.25) is 9.69 Å². The van der Waals surface area contributed by atoms with E-state index >= 15 is 0 Å². The molecule has 128 valence electrons. The number of carbonyl (C=O) groups is 2. The number of ether oxygens (including phenoxy) is 1. The van der Waals surface area contributed by atoms with Gasteiger partial charge in [0.05, 0.1) is 0 Å². The van der Waals surface area contributed by atoms with Crippen LogP contribution in [0, 0.1) is 0 Å². The summed E-state index contributed by atoms with van der Waals surface area (Å²) in [6, 6.07) is 19.3. The molecule has 2 heterocycles. The second-order valence-electron chi connectivity index (χ2n) is 6.69. The molecule has 2 fully saturated rings. The van der Waals surface area contributed by atoms with Gasteiger partial charge in [-0.05, 0) is 17.7 Å². The second-order valence-corrected chi connectivity index (χ2v) is 6.69. The lowest BCUT2D eigenvalue weighted by atomic mass is 9.88. The smallest absolute Gasteiger partial charge is 0.410 e. The maximum absolute atomic E-state index is 12.8. The first-order valence-corrected chi connectivity index (χ1v) is 8.51. The number of rotatable bonds is 3. The highest BCUT2D eigenvalue weighted by Crippen LogP contribution is 2.32. The summed E-state index contributed by atoms with van der Waals surface area (Å²) in [5.74, 6) is 0.00651. The summed E-state index contributed by atoms with van der Waals surface area (Å²) in [5.41, 5.74) is 1.33. The van der Waals surface area contributed by atoms with E-state index in [1.165, 1.54) is 0 Å². The molecule has 2 saturated heterocycles. The molecule has 0 radical (unpaired) electrons. The molecular formula is C20H20N2O3. The molecule has 0 bridgehead atoms. The number of benzene rings is 2. The number of hydrogen-bond donors (Lipinski definition) is 0. The van der Waals surface area contributed by atoms with E-state index in [1.807, 2.05) is 65.6 Å². The molecule has 2 aliphatic rings. The molecule has 1 unspecified atom stereocenters. The average molecular weight is 336 g/mol. The highest BCUT2D eigenvalue weighted by atomic mass is 16.6. The Morgan fingerprint density at radius 3 is 2.40 bits per heavy atom. The number of nitrogens with zero attached hydrogens (tertiary/aromatic N) is 2. The monoisotopic (exact) mass is 336 g/mol. The fourth-order valence-electron chi connectivity index (χ4n) is 3.77. The third-order valence-corrected chi connectivity index (χ3v) is 5.02. The number of hydrogen-bond acceptors (Lipinski definition) is 3. The normalized spacial score (nSPS) is 22.5. The Morgan fingerprint density at radius 2 is 1.68 bits per heavy atom. The minimum atomic E-state index is -0.485. The van der Waals surface area contributed by atoms with Crippen LogP contribution in [-0.2, 0) is 11.2 Å². The Hall–Kier alpha value is -2.82. The zero-order valence-corrected chi connectivity index (χ0v) is 13.9. The first-order valence-electron chi connectivity index (χ1n) is 8.51. The zero-order valence-electron chi connectivity index (χ0n) is 13.9. The molecule has 2 amide bonds. The molecule has 2 aliphatic heterocycles. The maximum atomic E-state index is 12.8. The Bertz CT molecular complexity index is 778. The second kappa shape index (κ2) is 6.24. The molecule has 0 N–H and O–H groups in total. The van der Waals surface area contributed by atoms with Crippen molar-refractivity contribution < 1.29 is 14.3 Å². The number of amides is 2. The van der Waals surface area contributed by atoms with Gasteiger partial charge in [0.1, 0.15) is 12.1 Å². The third kappa shape index (κ3) is 2.86. The summed E-state index contributed by atoms with van der Waals surface area (Å²) in [7, 11) is 0. The van der Waals surface area contributed by atoms with Crippen LogP contribution in [0.3, 0.4) is 0 Å². The van der Waals surface area contributed by atoms with E-state index in [0.717, 1.165) is 5.56 Å². The molecule has 4 rings (SSSR count). The first kappa shape index (κ1) is 15.7. The van der Waals surface area contributed by atoms with Gasteiger partial charge in [0, 0.05) is 31.6 Å². The zero-order chi connectivity index (χ0) is 17.3. The summed E-state index contributed by atoms with van der Waals surface area (Å²) < 4.78 is 5.36. The van der Waals surface area contributed by atoms with Crippen LogP contribution >= 0.6 is 0 Å². The van der Waals surface area contributed by atoms with Crippen LogP contribution in [0.2, 0.25) is 0 Å². The summed E-state index contributed by atoms with van der Waals surface area (Å²) in [6.45, 7) is 1.84. The van der Waals surface area contributed by atoms with E-state index < -0.39 is 5.54 Å². The van der Waals surface area contributed by atoms with Gasteiger partial charge < -0.3 is 9.64 Å². The van der Waals surface area contributed by atoms with E-state index in [4.69, 9.17) is 4.74 Å². The van der Waals surface area contributed by atoms with Gasteiger partial charge in [-0.25, -0.2) is 4.79 Å². The van der Waals surface area contributed by atoms with Crippen molar-refractivity contribution in [3.05, 3.63) is 71.8 Å². The van der Waals surface area contributed by atoms with Gasteiger partial charge in [0.25, 0.3) is 5.91 Å². The fraction of sp³-hybridized carbons (Fsp3) is 0.300. The van der Waals surface area contributed by atoms with Crippen LogP contribution in [-0.4, -0.2) is 53.6 Å². The Balaban J connectivity index is 1.61. The quantitative estimate of drug-likeness (QED) is 0.866. The van der Waals surface area contributed by atoms with Crippen molar-refractivity contribution in [1.82, 2.24) is 9.80 Å². The molecule has 0 aliphatic carbocycles. The Labute approximate surface area is 146 Å². The van der Waals surface area contributed by atoms with Crippen molar-refractivity contribution >= 4 is 12.0 Å². The number of cyclic esters (lactones) is 1. The van der Waals surface area contributed by atoms with Crippen molar-refractivity contribution in [3.63, 3.8) is 0 Å². The predicted octanol–water partition coefficient (Wildman–Crippen LogP) is 2.58. The maximum Gasteiger partial charge on any atom is 0.410 e. The van der Waals surface area contributed by atoms with Crippen LogP contribution in [0.15, 0.2) is 60.7 Å².